The summed E-state index contributed by atoms with van der Waals surface area (Å²) in [6.45, 7) is 2.38. The van der Waals surface area contributed by atoms with Crippen LogP contribution in [0, 0.1) is 5.41 Å². The van der Waals surface area contributed by atoms with Crippen LogP contribution in [0.15, 0.2) is 6.20 Å². The zero-order valence-electron chi connectivity index (χ0n) is 9.16. The molecule has 0 radical (unpaired) electrons. The zero-order valence-corrected chi connectivity index (χ0v) is 9.16. The molecule has 0 saturated heterocycles. The second kappa shape index (κ2) is 3.06. The molecule has 2 aliphatic rings. The Morgan fingerprint density at radius 3 is 3.19 bits per heavy atom. The van der Waals surface area contributed by atoms with Gasteiger partial charge >= 0.3 is 0 Å². The molecule has 1 fully saturated rings. The number of carbonyl (C=O) groups is 1. The molecule has 1 aromatic rings. The molecule has 4 nitrogen and oxygen atoms in total. The highest BCUT2D eigenvalue weighted by molar-refractivity contribution is 6.00. The number of nitrogens with one attached hydrogen (secondary N) is 1. The fraction of sp³-hybridized carbons (Fsp3) is 0.636. The van der Waals surface area contributed by atoms with Gasteiger partial charge in [-0.15, -0.1) is 0 Å². The van der Waals surface area contributed by atoms with Crippen LogP contribution >= 0.6 is 0 Å². The van der Waals surface area contributed by atoms with Crippen LogP contribution in [-0.2, 0) is 11.2 Å². The Bertz CT molecular complexity index is 444. The van der Waals surface area contributed by atoms with E-state index in [4.69, 9.17) is 0 Å². The Morgan fingerprint density at radius 2 is 2.50 bits per heavy atom. The lowest BCUT2D eigenvalue weighted by Gasteiger charge is -2.28. The van der Waals surface area contributed by atoms with E-state index in [1.165, 1.54) is 0 Å². The van der Waals surface area contributed by atoms with Gasteiger partial charge in [-0.25, -0.2) is 4.39 Å². The topological polar surface area (TPSA) is 49.0 Å². The summed E-state index contributed by atoms with van der Waals surface area (Å²) in [5.74, 6) is -0.0950. The third-order valence-corrected chi connectivity index (χ3v) is 3.66. The first-order valence-corrected chi connectivity index (χ1v) is 5.61. The van der Waals surface area contributed by atoms with Crippen LogP contribution in [-0.4, -0.2) is 28.8 Å². The number of hydrogen-bond acceptors (Lipinski definition) is 2. The monoisotopic (exact) mass is 223 g/mol. The smallest absolute Gasteiger partial charge is 0.236 e. The van der Waals surface area contributed by atoms with Gasteiger partial charge in [-0.05, 0) is 26.2 Å². The molecule has 86 valence electrons. The van der Waals surface area contributed by atoms with E-state index < -0.39 is 11.6 Å². The molecule has 1 amide bonds. The minimum absolute atomic E-state index is 0.0950. The summed E-state index contributed by atoms with van der Waals surface area (Å²) in [4.78, 5) is 13.9. The van der Waals surface area contributed by atoms with E-state index >= 15 is 0 Å². The Hall–Kier alpha value is -1.39. The summed E-state index contributed by atoms with van der Waals surface area (Å²) in [7, 11) is 0. The molecule has 1 aromatic heterocycles. The van der Waals surface area contributed by atoms with E-state index in [0.29, 0.717) is 13.0 Å². The second-order valence-corrected chi connectivity index (χ2v) is 4.88. The Morgan fingerprint density at radius 1 is 1.75 bits per heavy atom. The van der Waals surface area contributed by atoms with Crippen molar-refractivity contribution in [2.24, 2.45) is 5.41 Å². The number of fused-ring (bicyclic) bond motifs is 1. The lowest BCUT2D eigenvalue weighted by Crippen LogP contribution is -2.40. The summed E-state index contributed by atoms with van der Waals surface area (Å²) >= 11 is 0. The third-order valence-electron chi connectivity index (χ3n) is 3.66. The standard InChI is InChI=1S/C11H14FN3O/c1-11(5-9(11)12)10(16)15-4-2-3-7-8(15)6-13-14-7/h6,9H,2-5H2,1H3,(H,13,14). The highest BCUT2D eigenvalue weighted by atomic mass is 19.1. The summed E-state index contributed by atoms with van der Waals surface area (Å²) in [5, 5.41) is 6.83. The van der Waals surface area contributed by atoms with Crippen LogP contribution in [0.2, 0.25) is 0 Å². The number of rotatable bonds is 1. The zero-order chi connectivity index (χ0) is 11.3. The molecule has 16 heavy (non-hydrogen) atoms. The number of H-pyrrole nitrogens is 1. The van der Waals surface area contributed by atoms with E-state index in [0.717, 1.165) is 24.2 Å². The van der Waals surface area contributed by atoms with E-state index in [-0.39, 0.29) is 5.91 Å². The lowest BCUT2D eigenvalue weighted by atomic mass is 10.0. The number of alkyl halides is 1. The van der Waals surface area contributed by atoms with Gasteiger partial charge in [0.15, 0.2) is 0 Å². The number of aryl methyl sites for hydroxylation is 1. The van der Waals surface area contributed by atoms with E-state index in [1.54, 1.807) is 18.0 Å². The summed E-state index contributed by atoms with van der Waals surface area (Å²) in [6.07, 6.45) is 2.86. The number of aromatic amines is 1. The molecule has 2 unspecified atom stereocenters. The Kier molecular flexibility index (Phi) is 1.87. The van der Waals surface area contributed by atoms with Crippen LogP contribution in [0.4, 0.5) is 10.1 Å². The number of anilines is 1. The SMILES string of the molecule is CC1(C(=O)N2CCCc3[nH]ncc32)CC1F. The second-order valence-electron chi connectivity index (χ2n) is 4.88. The molecule has 0 spiro atoms. The molecular weight excluding hydrogens is 209 g/mol. The number of aromatic nitrogens is 2. The summed E-state index contributed by atoms with van der Waals surface area (Å²) in [5.41, 5.74) is 1.03. The highest BCUT2D eigenvalue weighted by Crippen LogP contribution is 2.50. The number of nitrogens with zero attached hydrogens (tertiary/aromatic N) is 2. The first-order chi connectivity index (χ1) is 7.63. The van der Waals surface area contributed by atoms with Crippen LogP contribution in [0.25, 0.3) is 0 Å². The van der Waals surface area contributed by atoms with Crippen molar-refractivity contribution in [2.45, 2.75) is 32.4 Å². The minimum Gasteiger partial charge on any atom is -0.309 e. The number of carbonyl (C=O) groups excluding carboxylic acids is 1. The van der Waals surface area contributed by atoms with Gasteiger partial charge in [0.05, 0.1) is 23.0 Å². The highest BCUT2D eigenvalue weighted by Gasteiger charge is 2.59. The fourth-order valence-electron chi connectivity index (χ4n) is 2.31. The van der Waals surface area contributed by atoms with Crippen LogP contribution in [0.3, 0.4) is 0 Å². The van der Waals surface area contributed by atoms with Crippen molar-refractivity contribution in [3.05, 3.63) is 11.9 Å². The molecule has 1 saturated carbocycles. The van der Waals surface area contributed by atoms with Crippen molar-refractivity contribution < 1.29 is 9.18 Å². The number of hydrogen-bond donors (Lipinski definition) is 1. The number of amides is 1. The minimum atomic E-state index is -0.975. The first-order valence-electron chi connectivity index (χ1n) is 5.61. The van der Waals surface area contributed by atoms with Crippen molar-refractivity contribution in [1.82, 2.24) is 10.2 Å². The van der Waals surface area contributed by atoms with Crippen LogP contribution in [0.5, 0.6) is 0 Å². The van der Waals surface area contributed by atoms with Gasteiger partial charge in [0.1, 0.15) is 6.17 Å². The maximum atomic E-state index is 13.2. The molecule has 3 rings (SSSR count). The molecule has 0 bridgehead atoms. The molecular formula is C11H14FN3O. The predicted molar refractivity (Wildman–Crippen MR) is 56.9 cm³/mol. The normalized spacial score (nSPS) is 32.4. The maximum absolute atomic E-state index is 13.2. The molecule has 2 heterocycles. The lowest BCUT2D eigenvalue weighted by molar-refractivity contribution is -0.123. The van der Waals surface area contributed by atoms with Gasteiger partial charge in [0.2, 0.25) is 5.91 Å². The average molecular weight is 223 g/mol. The number of halogens is 1. The van der Waals surface area contributed by atoms with E-state index in [9.17, 15) is 9.18 Å². The molecule has 1 aliphatic carbocycles. The molecule has 5 heteroatoms. The van der Waals surface area contributed by atoms with E-state index in [1.807, 2.05) is 0 Å². The Labute approximate surface area is 92.8 Å². The van der Waals surface area contributed by atoms with E-state index in [2.05, 4.69) is 10.2 Å². The maximum Gasteiger partial charge on any atom is 0.236 e. The van der Waals surface area contributed by atoms with Crippen LogP contribution < -0.4 is 4.90 Å². The van der Waals surface area contributed by atoms with Crippen molar-refractivity contribution >= 4 is 11.6 Å². The van der Waals surface area contributed by atoms with Gasteiger partial charge < -0.3 is 4.90 Å². The molecule has 2 atom stereocenters. The molecule has 0 aromatic carbocycles. The fourth-order valence-corrected chi connectivity index (χ4v) is 2.31. The van der Waals surface area contributed by atoms with Crippen LogP contribution in [0.1, 0.15) is 25.5 Å². The van der Waals surface area contributed by atoms with Gasteiger partial charge in [-0.1, -0.05) is 0 Å². The summed E-state index contributed by atoms with van der Waals surface area (Å²) < 4.78 is 13.2. The van der Waals surface area contributed by atoms with Crippen molar-refractivity contribution in [1.29, 1.82) is 0 Å². The van der Waals surface area contributed by atoms with Crippen molar-refractivity contribution in [3.63, 3.8) is 0 Å². The third kappa shape index (κ3) is 1.20. The summed E-state index contributed by atoms with van der Waals surface area (Å²) in [6, 6.07) is 0. The van der Waals surface area contributed by atoms with Crippen molar-refractivity contribution in [2.75, 3.05) is 11.4 Å². The van der Waals surface area contributed by atoms with Gasteiger partial charge in [-0.2, -0.15) is 5.10 Å². The van der Waals surface area contributed by atoms with Crippen molar-refractivity contribution in [3.8, 4) is 0 Å². The largest absolute Gasteiger partial charge is 0.309 e. The predicted octanol–water partition coefficient (Wildman–Crippen LogP) is 1.44. The molecule has 1 N–H and O–H groups in total. The average Bonchev–Trinajstić information content (AvgIpc) is 2.73. The van der Waals surface area contributed by atoms with Gasteiger partial charge in [-0.3, -0.25) is 9.89 Å². The molecule has 1 aliphatic heterocycles. The van der Waals surface area contributed by atoms with Gasteiger partial charge in [0, 0.05) is 6.54 Å². The first kappa shape index (κ1) is 9.81. The Balaban J connectivity index is 1.90. The van der Waals surface area contributed by atoms with Gasteiger partial charge in [0.25, 0.3) is 0 Å². The quantitative estimate of drug-likeness (QED) is 0.783.